The fourth-order valence-electron chi connectivity index (χ4n) is 2.44. The van der Waals surface area contributed by atoms with E-state index in [1.54, 1.807) is 0 Å². The molecule has 2 aliphatic rings. The molecule has 2 atom stereocenters. The lowest BCUT2D eigenvalue weighted by Crippen LogP contribution is -2.47. The van der Waals surface area contributed by atoms with Crippen LogP contribution in [0.1, 0.15) is 25.7 Å². The molecular weight excluding hydrogens is 195 g/mol. The van der Waals surface area contributed by atoms with Crippen LogP contribution < -0.4 is 5.32 Å². The Labute approximate surface area is 90.0 Å². The third kappa shape index (κ3) is 2.48. The molecule has 0 unspecified atom stereocenters. The standard InChI is InChI=1S/C11H19FN2O/c12-7-9-4-6-14(8-9)11(15)10-3-1-2-5-13-10/h9-10,13H,1-8H2/t9-,10-/m1/s1. The number of rotatable bonds is 2. The maximum absolute atomic E-state index is 12.4. The summed E-state index contributed by atoms with van der Waals surface area (Å²) in [4.78, 5) is 13.8. The second kappa shape index (κ2) is 4.92. The van der Waals surface area contributed by atoms with Crippen LogP contribution in [-0.4, -0.2) is 43.2 Å². The number of nitrogens with one attached hydrogen (secondary N) is 1. The molecule has 0 saturated carbocycles. The first-order valence-electron chi connectivity index (χ1n) is 5.89. The predicted octanol–water partition coefficient (Wildman–Crippen LogP) is 0.946. The van der Waals surface area contributed by atoms with Gasteiger partial charge in [0.1, 0.15) is 0 Å². The molecule has 0 aliphatic carbocycles. The highest BCUT2D eigenvalue weighted by Gasteiger charge is 2.31. The molecule has 15 heavy (non-hydrogen) atoms. The average molecular weight is 214 g/mol. The predicted molar refractivity (Wildman–Crippen MR) is 56.3 cm³/mol. The van der Waals surface area contributed by atoms with Crippen molar-refractivity contribution in [3.8, 4) is 0 Å². The Morgan fingerprint density at radius 1 is 1.40 bits per heavy atom. The SMILES string of the molecule is O=C([C@H]1CCCCN1)N1CC[C@H](CF)C1. The van der Waals surface area contributed by atoms with Crippen molar-refractivity contribution in [3.05, 3.63) is 0 Å². The fraction of sp³-hybridized carbons (Fsp3) is 0.909. The Kier molecular flexibility index (Phi) is 3.57. The fourth-order valence-corrected chi connectivity index (χ4v) is 2.44. The molecule has 2 rings (SSSR count). The first-order chi connectivity index (χ1) is 7.31. The number of amides is 1. The largest absolute Gasteiger partial charge is 0.341 e. The average Bonchev–Trinajstić information content (AvgIpc) is 2.78. The first kappa shape index (κ1) is 10.9. The van der Waals surface area contributed by atoms with E-state index >= 15 is 0 Å². The Bertz CT molecular complexity index is 229. The highest BCUT2D eigenvalue weighted by molar-refractivity contribution is 5.82. The molecule has 0 aromatic rings. The second-order valence-electron chi connectivity index (χ2n) is 4.60. The topological polar surface area (TPSA) is 32.3 Å². The van der Waals surface area contributed by atoms with E-state index < -0.39 is 0 Å². The number of carbonyl (C=O) groups is 1. The van der Waals surface area contributed by atoms with E-state index in [0.717, 1.165) is 38.8 Å². The van der Waals surface area contributed by atoms with Gasteiger partial charge in [0.2, 0.25) is 5.91 Å². The van der Waals surface area contributed by atoms with Crippen molar-refractivity contribution >= 4 is 5.91 Å². The smallest absolute Gasteiger partial charge is 0.239 e. The summed E-state index contributed by atoms with van der Waals surface area (Å²) in [5, 5.41) is 3.24. The number of halogens is 1. The number of likely N-dealkylation sites (tertiary alicyclic amines) is 1. The minimum atomic E-state index is -0.290. The highest BCUT2D eigenvalue weighted by Crippen LogP contribution is 2.19. The van der Waals surface area contributed by atoms with Crippen LogP contribution in [0, 0.1) is 5.92 Å². The van der Waals surface area contributed by atoms with Gasteiger partial charge in [0.15, 0.2) is 0 Å². The molecule has 0 aromatic carbocycles. The lowest BCUT2D eigenvalue weighted by Gasteiger charge is -2.27. The molecule has 86 valence electrons. The van der Waals surface area contributed by atoms with Crippen molar-refractivity contribution in [2.45, 2.75) is 31.7 Å². The summed E-state index contributed by atoms with van der Waals surface area (Å²) in [5.41, 5.74) is 0. The summed E-state index contributed by atoms with van der Waals surface area (Å²) in [6.45, 7) is 2.01. The maximum atomic E-state index is 12.4. The van der Waals surface area contributed by atoms with Gasteiger partial charge in [-0.15, -0.1) is 0 Å². The third-order valence-electron chi connectivity index (χ3n) is 3.42. The molecule has 2 aliphatic heterocycles. The molecule has 1 amide bonds. The quantitative estimate of drug-likeness (QED) is 0.742. The van der Waals surface area contributed by atoms with Gasteiger partial charge in [-0.3, -0.25) is 9.18 Å². The summed E-state index contributed by atoms with van der Waals surface area (Å²) in [7, 11) is 0. The lowest BCUT2D eigenvalue weighted by molar-refractivity contribution is -0.133. The van der Waals surface area contributed by atoms with Gasteiger partial charge in [-0.2, -0.15) is 0 Å². The van der Waals surface area contributed by atoms with Crippen molar-refractivity contribution in [3.63, 3.8) is 0 Å². The van der Waals surface area contributed by atoms with Gasteiger partial charge in [0.05, 0.1) is 12.7 Å². The van der Waals surface area contributed by atoms with E-state index in [4.69, 9.17) is 0 Å². The molecule has 2 heterocycles. The maximum Gasteiger partial charge on any atom is 0.239 e. The molecule has 2 fully saturated rings. The monoisotopic (exact) mass is 214 g/mol. The lowest BCUT2D eigenvalue weighted by atomic mass is 10.0. The minimum absolute atomic E-state index is 0.00267. The first-order valence-corrected chi connectivity index (χ1v) is 5.89. The van der Waals surface area contributed by atoms with E-state index in [2.05, 4.69) is 5.32 Å². The summed E-state index contributed by atoms with van der Waals surface area (Å²) >= 11 is 0. The van der Waals surface area contributed by atoms with Crippen LogP contribution in [0.15, 0.2) is 0 Å². The van der Waals surface area contributed by atoms with Crippen LogP contribution in [0.2, 0.25) is 0 Å². The van der Waals surface area contributed by atoms with Crippen LogP contribution in [0.4, 0.5) is 4.39 Å². The Morgan fingerprint density at radius 2 is 2.27 bits per heavy atom. The van der Waals surface area contributed by atoms with Crippen molar-refractivity contribution in [2.24, 2.45) is 5.92 Å². The number of hydrogen-bond donors (Lipinski definition) is 1. The van der Waals surface area contributed by atoms with Crippen molar-refractivity contribution in [1.29, 1.82) is 0 Å². The number of nitrogens with zero attached hydrogens (tertiary/aromatic N) is 1. The number of piperidine rings is 1. The molecule has 0 spiro atoms. The molecule has 1 N–H and O–H groups in total. The number of carbonyl (C=O) groups excluding carboxylic acids is 1. The van der Waals surface area contributed by atoms with Crippen LogP contribution in [-0.2, 0) is 4.79 Å². The molecule has 2 saturated heterocycles. The second-order valence-corrected chi connectivity index (χ2v) is 4.60. The van der Waals surface area contributed by atoms with E-state index in [1.807, 2.05) is 4.90 Å². The zero-order valence-electron chi connectivity index (χ0n) is 9.04. The molecule has 0 bridgehead atoms. The molecule has 0 radical (unpaired) electrons. The van der Waals surface area contributed by atoms with Crippen LogP contribution in [0.3, 0.4) is 0 Å². The van der Waals surface area contributed by atoms with Crippen LogP contribution in [0.25, 0.3) is 0 Å². The van der Waals surface area contributed by atoms with Crippen LogP contribution >= 0.6 is 0 Å². The van der Waals surface area contributed by atoms with Gasteiger partial charge in [-0.05, 0) is 25.8 Å². The van der Waals surface area contributed by atoms with Gasteiger partial charge in [-0.25, -0.2) is 0 Å². The van der Waals surface area contributed by atoms with Gasteiger partial charge in [-0.1, -0.05) is 6.42 Å². The number of alkyl halides is 1. The Balaban J connectivity index is 1.85. The Hall–Kier alpha value is -0.640. The van der Waals surface area contributed by atoms with Gasteiger partial charge >= 0.3 is 0 Å². The van der Waals surface area contributed by atoms with Crippen molar-refractivity contribution in [2.75, 3.05) is 26.3 Å². The Morgan fingerprint density at radius 3 is 2.87 bits per heavy atom. The molecule has 3 nitrogen and oxygen atoms in total. The van der Waals surface area contributed by atoms with Gasteiger partial charge in [0.25, 0.3) is 0 Å². The minimum Gasteiger partial charge on any atom is -0.341 e. The van der Waals surface area contributed by atoms with Gasteiger partial charge in [0, 0.05) is 19.0 Å². The zero-order chi connectivity index (χ0) is 10.7. The molecule has 4 heteroatoms. The van der Waals surface area contributed by atoms with Gasteiger partial charge < -0.3 is 10.2 Å². The van der Waals surface area contributed by atoms with E-state index in [9.17, 15) is 9.18 Å². The molecule has 0 aromatic heterocycles. The summed E-state index contributed by atoms with van der Waals surface area (Å²) < 4.78 is 12.4. The summed E-state index contributed by atoms with van der Waals surface area (Å²) in [5.74, 6) is 0.267. The van der Waals surface area contributed by atoms with Crippen LogP contribution in [0.5, 0.6) is 0 Å². The van der Waals surface area contributed by atoms with Crippen molar-refractivity contribution < 1.29 is 9.18 Å². The normalized spacial score (nSPS) is 31.9. The third-order valence-corrected chi connectivity index (χ3v) is 3.42. The van der Waals surface area contributed by atoms with E-state index in [1.165, 1.54) is 0 Å². The number of hydrogen-bond acceptors (Lipinski definition) is 2. The molecular formula is C11H19FN2O. The van der Waals surface area contributed by atoms with E-state index in [0.29, 0.717) is 6.54 Å². The van der Waals surface area contributed by atoms with E-state index in [-0.39, 0.29) is 24.5 Å². The summed E-state index contributed by atoms with van der Waals surface area (Å²) in [6, 6.07) is -0.00267. The summed E-state index contributed by atoms with van der Waals surface area (Å²) in [6.07, 6.45) is 4.06. The highest BCUT2D eigenvalue weighted by atomic mass is 19.1. The van der Waals surface area contributed by atoms with Crippen molar-refractivity contribution in [1.82, 2.24) is 10.2 Å². The zero-order valence-corrected chi connectivity index (χ0v) is 9.04.